The Hall–Kier alpha value is -2.16. The molecule has 0 spiro atoms. The molecule has 1 aromatic rings. The summed E-state index contributed by atoms with van der Waals surface area (Å²) >= 11 is 0. The first kappa shape index (κ1) is 16.2. The van der Waals surface area contributed by atoms with E-state index < -0.39 is 33.4 Å². The van der Waals surface area contributed by atoms with Crippen molar-refractivity contribution >= 4 is 21.7 Å². The summed E-state index contributed by atoms with van der Waals surface area (Å²) in [6.45, 7) is -0.366. The maximum atomic E-state index is 12.7. The molecular weight excluding hydrogens is 315 g/mol. The van der Waals surface area contributed by atoms with Crippen LogP contribution in [0.25, 0.3) is 0 Å². The molecule has 9 heteroatoms. The molecule has 2 N–H and O–H groups in total. The minimum Gasteiger partial charge on any atom is -0.484 e. The molecule has 1 fully saturated rings. The number of halogens is 1. The summed E-state index contributed by atoms with van der Waals surface area (Å²) in [5.41, 5.74) is 4.30. The van der Waals surface area contributed by atoms with Crippen LogP contribution < -0.4 is 15.6 Å². The van der Waals surface area contributed by atoms with E-state index in [9.17, 15) is 22.4 Å². The first-order valence-corrected chi connectivity index (χ1v) is 8.35. The normalized spacial score (nSPS) is 19.4. The van der Waals surface area contributed by atoms with Gasteiger partial charge in [-0.1, -0.05) is 0 Å². The Morgan fingerprint density at radius 2 is 1.91 bits per heavy atom. The SMILES string of the molecule is O=C(COc1ccc(F)cc1)NNC(=O)[C@@H]1CCS(=O)(=O)C1. The minimum absolute atomic E-state index is 0.0211. The molecule has 1 aliphatic heterocycles. The van der Waals surface area contributed by atoms with E-state index >= 15 is 0 Å². The molecule has 1 aliphatic rings. The number of amides is 2. The van der Waals surface area contributed by atoms with Crippen LogP contribution in [0.4, 0.5) is 4.39 Å². The Bertz CT molecular complexity index is 660. The Morgan fingerprint density at radius 3 is 2.50 bits per heavy atom. The summed E-state index contributed by atoms with van der Waals surface area (Å²) < 4.78 is 40.3. The summed E-state index contributed by atoms with van der Waals surface area (Å²) in [6, 6.07) is 5.11. The average molecular weight is 330 g/mol. The Labute approximate surface area is 126 Å². The van der Waals surface area contributed by atoms with E-state index in [1.807, 2.05) is 0 Å². The van der Waals surface area contributed by atoms with Crippen LogP contribution in [-0.4, -0.2) is 38.3 Å². The number of benzene rings is 1. The highest BCUT2D eigenvalue weighted by molar-refractivity contribution is 7.91. The van der Waals surface area contributed by atoms with E-state index in [1.165, 1.54) is 24.3 Å². The Kier molecular flexibility index (Phi) is 4.96. The summed E-state index contributed by atoms with van der Waals surface area (Å²) in [6.07, 6.45) is 0.246. The van der Waals surface area contributed by atoms with E-state index in [0.29, 0.717) is 5.75 Å². The molecule has 0 aromatic heterocycles. The number of ether oxygens (including phenoxy) is 1. The van der Waals surface area contributed by atoms with Gasteiger partial charge >= 0.3 is 0 Å². The minimum atomic E-state index is -3.16. The average Bonchev–Trinajstić information content (AvgIpc) is 2.84. The van der Waals surface area contributed by atoms with Gasteiger partial charge in [0.05, 0.1) is 17.4 Å². The van der Waals surface area contributed by atoms with Crippen molar-refractivity contribution in [1.82, 2.24) is 10.9 Å². The van der Waals surface area contributed by atoms with Crippen molar-refractivity contribution in [3.63, 3.8) is 0 Å². The van der Waals surface area contributed by atoms with Crippen LogP contribution in [0.5, 0.6) is 5.75 Å². The lowest BCUT2D eigenvalue weighted by Crippen LogP contribution is -2.46. The number of hydrazine groups is 1. The van der Waals surface area contributed by atoms with Gasteiger partial charge in [-0.3, -0.25) is 20.4 Å². The van der Waals surface area contributed by atoms with Crippen molar-refractivity contribution in [3.8, 4) is 5.75 Å². The molecule has 0 saturated carbocycles. The molecule has 0 unspecified atom stereocenters. The number of hydrogen-bond acceptors (Lipinski definition) is 5. The lowest BCUT2D eigenvalue weighted by Gasteiger charge is -2.11. The number of carbonyl (C=O) groups excluding carboxylic acids is 2. The van der Waals surface area contributed by atoms with Crippen LogP contribution in [0.3, 0.4) is 0 Å². The van der Waals surface area contributed by atoms with Crippen LogP contribution in [0.15, 0.2) is 24.3 Å². The second kappa shape index (κ2) is 6.73. The number of carbonyl (C=O) groups is 2. The molecule has 7 nitrogen and oxygen atoms in total. The lowest BCUT2D eigenvalue weighted by atomic mass is 10.1. The molecule has 2 amide bonds. The predicted molar refractivity (Wildman–Crippen MR) is 74.9 cm³/mol. The van der Waals surface area contributed by atoms with E-state index in [-0.39, 0.29) is 24.5 Å². The number of sulfone groups is 1. The lowest BCUT2D eigenvalue weighted by molar-refractivity contribution is -0.131. The smallest absolute Gasteiger partial charge is 0.276 e. The van der Waals surface area contributed by atoms with Crippen LogP contribution in [0.1, 0.15) is 6.42 Å². The van der Waals surface area contributed by atoms with Crippen molar-refractivity contribution in [2.45, 2.75) is 6.42 Å². The van der Waals surface area contributed by atoms with Gasteiger partial charge in [-0.25, -0.2) is 12.8 Å². The van der Waals surface area contributed by atoms with E-state index in [4.69, 9.17) is 4.74 Å². The zero-order valence-electron chi connectivity index (χ0n) is 11.5. The van der Waals surface area contributed by atoms with E-state index in [1.54, 1.807) is 0 Å². The highest BCUT2D eigenvalue weighted by Crippen LogP contribution is 2.18. The monoisotopic (exact) mass is 330 g/mol. The molecular formula is C13H15FN2O5S. The molecule has 0 aliphatic carbocycles. The molecule has 22 heavy (non-hydrogen) atoms. The Morgan fingerprint density at radius 1 is 1.23 bits per heavy atom. The van der Waals surface area contributed by atoms with Crippen LogP contribution in [0, 0.1) is 11.7 Å². The Balaban J connectivity index is 1.71. The van der Waals surface area contributed by atoms with Crippen LogP contribution in [0.2, 0.25) is 0 Å². The first-order chi connectivity index (χ1) is 10.4. The fourth-order valence-electron chi connectivity index (χ4n) is 1.95. The van der Waals surface area contributed by atoms with Crippen LogP contribution >= 0.6 is 0 Å². The van der Waals surface area contributed by atoms with Gasteiger partial charge in [0.15, 0.2) is 16.4 Å². The van der Waals surface area contributed by atoms with Gasteiger partial charge in [0.1, 0.15) is 11.6 Å². The number of rotatable bonds is 4. The molecule has 1 heterocycles. The first-order valence-electron chi connectivity index (χ1n) is 6.53. The topological polar surface area (TPSA) is 102 Å². The van der Waals surface area contributed by atoms with Gasteiger partial charge in [-0.2, -0.15) is 0 Å². The zero-order valence-corrected chi connectivity index (χ0v) is 12.4. The molecule has 120 valence electrons. The molecule has 1 saturated heterocycles. The van der Waals surface area contributed by atoms with Crippen molar-refractivity contribution in [1.29, 1.82) is 0 Å². The second-order valence-corrected chi connectivity index (χ2v) is 7.11. The molecule has 1 aromatic carbocycles. The van der Waals surface area contributed by atoms with Gasteiger partial charge in [0.25, 0.3) is 5.91 Å². The molecule has 0 bridgehead atoms. The molecule has 2 rings (SSSR count). The van der Waals surface area contributed by atoms with Crippen molar-refractivity contribution < 1.29 is 27.1 Å². The third-order valence-corrected chi connectivity index (χ3v) is 4.88. The summed E-state index contributed by atoms with van der Waals surface area (Å²) in [5, 5.41) is 0. The van der Waals surface area contributed by atoms with Gasteiger partial charge in [0, 0.05) is 0 Å². The van der Waals surface area contributed by atoms with Crippen molar-refractivity contribution in [3.05, 3.63) is 30.1 Å². The standard InChI is InChI=1S/C13H15FN2O5S/c14-10-1-3-11(4-2-10)21-7-12(17)15-16-13(18)9-5-6-22(19,20)8-9/h1-4,9H,5-8H2,(H,15,17)(H,16,18)/t9-/m1/s1. The largest absolute Gasteiger partial charge is 0.484 e. The van der Waals surface area contributed by atoms with Crippen molar-refractivity contribution in [2.24, 2.45) is 5.92 Å². The van der Waals surface area contributed by atoms with Gasteiger partial charge in [-0.15, -0.1) is 0 Å². The second-order valence-electron chi connectivity index (χ2n) is 4.88. The summed E-state index contributed by atoms with van der Waals surface area (Å²) in [5.74, 6) is -2.15. The fourth-order valence-corrected chi connectivity index (χ4v) is 3.69. The predicted octanol–water partition coefficient (Wildman–Crippen LogP) is -0.213. The van der Waals surface area contributed by atoms with Crippen molar-refractivity contribution in [2.75, 3.05) is 18.1 Å². The summed E-state index contributed by atoms with van der Waals surface area (Å²) in [4.78, 5) is 23.2. The van der Waals surface area contributed by atoms with Gasteiger partial charge in [-0.05, 0) is 30.7 Å². The number of hydrogen-bond donors (Lipinski definition) is 2. The van der Waals surface area contributed by atoms with Gasteiger partial charge < -0.3 is 4.74 Å². The molecule has 1 atom stereocenters. The quantitative estimate of drug-likeness (QED) is 0.744. The third-order valence-electron chi connectivity index (χ3n) is 3.11. The van der Waals surface area contributed by atoms with Crippen LogP contribution in [-0.2, 0) is 19.4 Å². The maximum absolute atomic E-state index is 12.7. The van der Waals surface area contributed by atoms with E-state index in [2.05, 4.69) is 10.9 Å². The number of nitrogens with one attached hydrogen (secondary N) is 2. The third kappa shape index (κ3) is 4.69. The van der Waals surface area contributed by atoms with Gasteiger partial charge in [0.2, 0.25) is 5.91 Å². The fraction of sp³-hybridized carbons (Fsp3) is 0.385. The summed E-state index contributed by atoms with van der Waals surface area (Å²) in [7, 11) is -3.16. The zero-order chi connectivity index (χ0) is 16.2. The van der Waals surface area contributed by atoms with E-state index in [0.717, 1.165) is 0 Å². The molecule has 0 radical (unpaired) electrons. The maximum Gasteiger partial charge on any atom is 0.276 e. The highest BCUT2D eigenvalue weighted by Gasteiger charge is 2.33. The highest BCUT2D eigenvalue weighted by atomic mass is 32.2.